The highest BCUT2D eigenvalue weighted by Gasteiger charge is 2.28. The lowest BCUT2D eigenvalue weighted by Crippen LogP contribution is -2.19. The summed E-state index contributed by atoms with van der Waals surface area (Å²) in [6.07, 6.45) is 4.12. The summed E-state index contributed by atoms with van der Waals surface area (Å²) in [5, 5.41) is 4.03. The number of aromatic nitrogens is 5. The van der Waals surface area contributed by atoms with Gasteiger partial charge in [0.2, 0.25) is 0 Å². The molecule has 0 spiro atoms. The average Bonchev–Trinajstić information content (AvgIpc) is 3.08. The van der Waals surface area contributed by atoms with Crippen molar-refractivity contribution in [2.75, 3.05) is 0 Å². The minimum Gasteiger partial charge on any atom is -0.252 e. The van der Waals surface area contributed by atoms with Gasteiger partial charge in [0.15, 0.2) is 5.82 Å². The molecule has 25 heavy (non-hydrogen) atoms. The first-order chi connectivity index (χ1) is 12.0. The smallest absolute Gasteiger partial charge is 0.166 e. The van der Waals surface area contributed by atoms with E-state index in [9.17, 15) is 13.2 Å². The lowest BCUT2D eigenvalue weighted by atomic mass is 9.84. The van der Waals surface area contributed by atoms with Gasteiger partial charge < -0.3 is 0 Å². The summed E-state index contributed by atoms with van der Waals surface area (Å²) in [5.41, 5.74) is 0.664. The van der Waals surface area contributed by atoms with Gasteiger partial charge in [-0.05, 0) is 18.6 Å². The van der Waals surface area contributed by atoms with E-state index in [1.54, 1.807) is 6.92 Å². The standard InChI is InChI=1S/C17H16F3N5/c1-10(17-16(20)11(2)22-8-23-17)14(6-25-9-21-7-24-25)13-4-3-12(18)5-15(13)19/h3-5,7-10,14H,6H2,1-2H3. The van der Waals surface area contributed by atoms with Crippen LogP contribution in [0.15, 0.2) is 37.2 Å². The Kier molecular flexibility index (Phi) is 4.78. The molecule has 8 heteroatoms. The van der Waals surface area contributed by atoms with Crippen molar-refractivity contribution in [2.45, 2.75) is 32.2 Å². The molecule has 2 aromatic heterocycles. The van der Waals surface area contributed by atoms with Crippen molar-refractivity contribution >= 4 is 0 Å². The maximum Gasteiger partial charge on any atom is 0.166 e. The summed E-state index contributed by atoms with van der Waals surface area (Å²) in [6.45, 7) is 3.53. The molecule has 0 aliphatic heterocycles. The number of nitrogens with zero attached hydrogens (tertiary/aromatic N) is 5. The number of benzene rings is 1. The first-order valence-electron chi connectivity index (χ1n) is 7.71. The molecule has 130 valence electrons. The minimum atomic E-state index is -0.692. The molecule has 0 aliphatic carbocycles. The summed E-state index contributed by atoms with van der Waals surface area (Å²) < 4.78 is 43.6. The van der Waals surface area contributed by atoms with Crippen LogP contribution in [0.1, 0.15) is 35.7 Å². The summed E-state index contributed by atoms with van der Waals surface area (Å²) in [6, 6.07) is 3.37. The maximum atomic E-state index is 14.5. The van der Waals surface area contributed by atoms with Crippen molar-refractivity contribution in [1.82, 2.24) is 24.7 Å². The normalized spacial score (nSPS) is 13.6. The molecule has 0 fully saturated rings. The zero-order valence-electron chi connectivity index (χ0n) is 13.7. The SMILES string of the molecule is Cc1ncnc(C(C)C(Cn2cncn2)c2ccc(F)cc2F)c1F. The van der Waals surface area contributed by atoms with Crippen LogP contribution in [0.3, 0.4) is 0 Å². The largest absolute Gasteiger partial charge is 0.252 e. The Balaban J connectivity index is 2.05. The van der Waals surface area contributed by atoms with Gasteiger partial charge in [-0.1, -0.05) is 13.0 Å². The van der Waals surface area contributed by atoms with E-state index in [0.717, 1.165) is 6.07 Å². The van der Waals surface area contributed by atoms with Gasteiger partial charge in [-0.15, -0.1) is 0 Å². The number of rotatable bonds is 5. The van der Waals surface area contributed by atoms with E-state index in [4.69, 9.17) is 0 Å². The molecule has 0 bridgehead atoms. The molecule has 2 unspecified atom stereocenters. The molecule has 2 heterocycles. The van der Waals surface area contributed by atoms with Crippen molar-refractivity contribution in [3.8, 4) is 0 Å². The fourth-order valence-corrected chi connectivity index (χ4v) is 2.84. The van der Waals surface area contributed by atoms with Crippen LogP contribution in [0.5, 0.6) is 0 Å². The zero-order valence-corrected chi connectivity index (χ0v) is 13.7. The van der Waals surface area contributed by atoms with Gasteiger partial charge >= 0.3 is 0 Å². The molecule has 0 aliphatic rings. The van der Waals surface area contributed by atoms with Crippen LogP contribution in [0.4, 0.5) is 13.2 Å². The molecule has 1 aromatic carbocycles. The topological polar surface area (TPSA) is 56.5 Å². The summed E-state index contributed by atoms with van der Waals surface area (Å²) in [5.74, 6) is -2.90. The molecule has 0 amide bonds. The molecule has 0 N–H and O–H groups in total. The monoisotopic (exact) mass is 347 g/mol. The highest BCUT2D eigenvalue weighted by atomic mass is 19.1. The number of aryl methyl sites for hydroxylation is 1. The Morgan fingerprint density at radius 3 is 2.60 bits per heavy atom. The van der Waals surface area contributed by atoms with Crippen LogP contribution >= 0.6 is 0 Å². The third kappa shape index (κ3) is 3.52. The molecule has 3 rings (SSSR count). The Hall–Kier alpha value is -2.77. The van der Waals surface area contributed by atoms with Crippen LogP contribution in [-0.2, 0) is 6.54 Å². The van der Waals surface area contributed by atoms with Crippen molar-refractivity contribution < 1.29 is 13.2 Å². The highest BCUT2D eigenvalue weighted by Crippen LogP contribution is 2.35. The van der Waals surface area contributed by atoms with E-state index in [2.05, 4.69) is 20.1 Å². The van der Waals surface area contributed by atoms with E-state index in [1.807, 2.05) is 0 Å². The predicted molar refractivity (Wildman–Crippen MR) is 84.3 cm³/mol. The molecule has 5 nitrogen and oxygen atoms in total. The third-order valence-electron chi connectivity index (χ3n) is 4.24. The van der Waals surface area contributed by atoms with E-state index in [-0.39, 0.29) is 23.5 Å². The second kappa shape index (κ2) is 7.00. The predicted octanol–water partition coefficient (Wildman–Crippen LogP) is 3.38. The van der Waals surface area contributed by atoms with Gasteiger partial charge in [0, 0.05) is 17.9 Å². The molecule has 0 saturated carbocycles. The van der Waals surface area contributed by atoms with Crippen LogP contribution in [0.25, 0.3) is 0 Å². The lowest BCUT2D eigenvalue weighted by molar-refractivity contribution is 0.423. The molecule has 0 saturated heterocycles. The fourth-order valence-electron chi connectivity index (χ4n) is 2.84. The second-order valence-corrected chi connectivity index (χ2v) is 5.84. The highest BCUT2D eigenvalue weighted by molar-refractivity contribution is 5.28. The molecule has 3 aromatic rings. The van der Waals surface area contributed by atoms with Crippen LogP contribution in [0.2, 0.25) is 0 Å². The third-order valence-corrected chi connectivity index (χ3v) is 4.24. The number of hydrogen-bond donors (Lipinski definition) is 0. The Morgan fingerprint density at radius 1 is 1.12 bits per heavy atom. The number of halogens is 3. The molecule has 0 radical (unpaired) electrons. The number of hydrogen-bond acceptors (Lipinski definition) is 4. The average molecular weight is 347 g/mol. The van der Waals surface area contributed by atoms with Gasteiger partial charge in [-0.2, -0.15) is 5.10 Å². The molecular weight excluding hydrogens is 331 g/mol. The van der Waals surface area contributed by atoms with Gasteiger partial charge in [-0.3, -0.25) is 4.68 Å². The quantitative estimate of drug-likeness (QED) is 0.710. The maximum absolute atomic E-state index is 14.5. The van der Waals surface area contributed by atoms with Crippen molar-refractivity contribution in [1.29, 1.82) is 0 Å². The minimum absolute atomic E-state index is 0.182. The van der Waals surface area contributed by atoms with Crippen LogP contribution in [0, 0.1) is 24.4 Å². The second-order valence-electron chi connectivity index (χ2n) is 5.84. The van der Waals surface area contributed by atoms with Gasteiger partial charge in [0.1, 0.15) is 30.6 Å². The lowest BCUT2D eigenvalue weighted by Gasteiger charge is -2.25. The molecular formula is C17H16F3N5. The van der Waals surface area contributed by atoms with Crippen molar-refractivity contribution in [3.63, 3.8) is 0 Å². The first-order valence-corrected chi connectivity index (χ1v) is 7.71. The van der Waals surface area contributed by atoms with Crippen LogP contribution < -0.4 is 0 Å². The fraction of sp³-hybridized carbons (Fsp3) is 0.294. The zero-order chi connectivity index (χ0) is 18.0. The summed E-state index contributed by atoms with van der Waals surface area (Å²) in [7, 11) is 0. The van der Waals surface area contributed by atoms with E-state index >= 15 is 0 Å². The molecule has 2 atom stereocenters. The van der Waals surface area contributed by atoms with Gasteiger partial charge in [-0.25, -0.2) is 28.1 Å². The summed E-state index contributed by atoms with van der Waals surface area (Å²) in [4.78, 5) is 11.7. The van der Waals surface area contributed by atoms with E-state index in [1.165, 1.54) is 42.7 Å². The van der Waals surface area contributed by atoms with Crippen molar-refractivity contribution in [3.05, 3.63) is 71.6 Å². The first kappa shape index (κ1) is 17.1. The Labute approximate surface area is 142 Å². The summed E-state index contributed by atoms with van der Waals surface area (Å²) >= 11 is 0. The Bertz CT molecular complexity index is 867. The van der Waals surface area contributed by atoms with E-state index < -0.39 is 29.3 Å². The van der Waals surface area contributed by atoms with Gasteiger partial charge in [0.25, 0.3) is 0 Å². The van der Waals surface area contributed by atoms with Gasteiger partial charge in [0.05, 0.1) is 17.9 Å². The Morgan fingerprint density at radius 2 is 1.92 bits per heavy atom. The van der Waals surface area contributed by atoms with Crippen molar-refractivity contribution in [2.24, 2.45) is 0 Å². The van der Waals surface area contributed by atoms with E-state index in [0.29, 0.717) is 0 Å². The van der Waals surface area contributed by atoms with Crippen LogP contribution in [-0.4, -0.2) is 24.7 Å².